The monoisotopic (exact) mass is 301 g/mol. The molecule has 2 heteroatoms. The lowest BCUT2D eigenvalue weighted by molar-refractivity contribution is -0.00364. The van der Waals surface area contributed by atoms with E-state index in [0.29, 0.717) is 12.0 Å². The highest BCUT2D eigenvalue weighted by Crippen LogP contribution is 2.47. The zero-order chi connectivity index (χ0) is 15.7. The number of rotatable bonds is 3. The molecule has 1 fully saturated rings. The second kappa shape index (κ2) is 6.23. The Morgan fingerprint density at radius 2 is 1.91 bits per heavy atom. The quantitative estimate of drug-likeness (QED) is 0.841. The standard InChI is InChI=1S/C20H31NO/c1-14(2)13-21-18-12-20(8-6-5-7-9-20)22-19-16(4)10-15(3)11-17(18)19/h10-11,14,18,21H,5-9,12-13H2,1-4H3. The largest absolute Gasteiger partial charge is 0.487 e. The van der Waals surface area contributed by atoms with Crippen molar-refractivity contribution >= 4 is 0 Å². The summed E-state index contributed by atoms with van der Waals surface area (Å²) in [5.74, 6) is 1.85. The van der Waals surface area contributed by atoms with E-state index in [-0.39, 0.29) is 5.60 Å². The molecule has 122 valence electrons. The van der Waals surface area contributed by atoms with E-state index in [4.69, 9.17) is 4.74 Å². The van der Waals surface area contributed by atoms with E-state index in [2.05, 4.69) is 45.1 Å². The molecule has 0 aromatic heterocycles. The topological polar surface area (TPSA) is 21.3 Å². The molecular weight excluding hydrogens is 270 g/mol. The highest BCUT2D eigenvalue weighted by atomic mass is 16.5. The maximum atomic E-state index is 6.64. The number of hydrogen-bond acceptors (Lipinski definition) is 2. The van der Waals surface area contributed by atoms with Gasteiger partial charge in [0.25, 0.3) is 0 Å². The van der Waals surface area contributed by atoms with Gasteiger partial charge in [0, 0.05) is 18.0 Å². The molecule has 1 saturated carbocycles. The first-order valence-electron chi connectivity index (χ1n) is 9.03. The molecule has 22 heavy (non-hydrogen) atoms. The van der Waals surface area contributed by atoms with E-state index in [1.165, 1.54) is 54.5 Å². The van der Waals surface area contributed by atoms with Crippen molar-refractivity contribution in [3.05, 3.63) is 28.8 Å². The number of fused-ring (bicyclic) bond motifs is 1. The molecule has 1 spiro atoms. The zero-order valence-corrected chi connectivity index (χ0v) is 14.7. The summed E-state index contributed by atoms with van der Waals surface area (Å²) in [7, 11) is 0. The lowest BCUT2D eigenvalue weighted by Crippen LogP contribution is -2.46. The van der Waals surface area contributed by atoms with Gasteiger partial charge in [0.1, 0.15) is 11.4 Å². The van der Waals surface area contributed by atoms with Gasteiger partial charge in [0.05, 0.1) is 0 Å². The van der Waals surface area contributed by atoms with Gasteiger partial charge < -0.3 is 10.1 Å². The van der Waals surface area contributed by atoms with E-state index >= 15 is 0 Å². The van der Waals surface area contributed by atoms with Crippen molar-refractivity contribution in [1.29, 1.82) is 0 Å². The van der Waals surface area contributed by atoms with Crippen LogP contribution in [-0.2, 0) is 0 Å². The smallest absolute Gasteiger partial charge is 0.127 e. The van der Waals surface area contributed by atoms with Crippen LogP contribution >= 0.6 is 0 Å². The number of benzene rings is 1. The maximum absolute atomic E-state index is 6.64. The Balaban J connectivity index is 1.94. The summed E-state index contributed by atoms with van der Waals surface area (Å²) in [6.45, 7) is 10.0. The van der Waals surface area contributed by atoms with Crippen molar-refractivity contribution in [2.45, 2.75) is 77.9 Å². The molecule has 3 rings (SSSR count). The van der Waals surface area contributed by atoms with Crippen LogP contribution in [0.1, 0.15) is 75.1 Å². The van der Waals surface area contributed by atoms with Crippen LogP contribution in [-0.4, -0.2) is 12.1 Å². The fourth-order valence-corrected chi connectivity index (χ4v) is 4.19. The van der Waals surface area contributed by atoms with E-state index < -0.39 is 0 Å². The first-order chi connectivity index (χ1) is 10.5. The maximum Gasteiger partial charge on any atom is 0.127 e. The third kappa shape index (κ3) is 3.17. The van der Waals surface area contributed by atoms with Gasteiger partial charge in [-0.1, -0.05) is 38.0 Å². The normalized spacial score (nSPS) is 23.4. The van der Waals surface area contributed by atoms with E-state index in [1.54, 1.807) is 0 Å². The van der Waals surface area contributed by atoms with Gasteiger partial charge in [0.15, 0.2) is 0 Å². The van der Waals surface area contributed by atoms with Crippen LogP contribution < -0.4 is 10.1 Å². The van der Waals surface area contributed by atoms with Crippen LogP contribution in [0.3, 0.4) is 0 Å². The molecule has 1 heterocycles. The minimum absolute atomic E-state index is 0.0832. The molecule has 0 amide bonds. The van der Waals surface area contributed by atoms with Crippen molar-refractivity contribution in [2.75, 3.05) is 6.54 Å². The van der Waals surface area contributed by atoms with Crippen LogP contribution in [0.4, 0.5) is 0 Å². The Kier molecular flexibility index (Phi) is 4.49. The van der Waals surface area contributed by atoms with Gasteiger partial charge in [0.2, 0.25) is 0 Å². The molecule has 1 atom stereocenters. The summed E-state index contributed by atoms with van der Waals surface area (Å²) in [5.41, 5.74) is 4.11. The van der Waals surface area contributed by atoms with Crippen LogP contribution in [0.5, 0.6) is 5.75 Å². The van der Waals surface area contributed by atoms with Crippen molar-refractivity contribution in [2.24, 2.45) is 5.92 Å². The van der Waals surface area contributed by atoms with E-state index in [9.17, 15) is 0 Å². The van der Waals surface area contributed by atoms with Crippen molar-refractivity contribution in [1.82, 2.24) is 5.32 Å². The minimum Gasteiger partial charge on any atom is -0.487 e. The Bertz CT molecular complexity index is 529. The van der Waals surface area contributed by atoms with Crippen molar-refractivity contribution < 1.29 is 4.74 Å². The summed E-state index contributed by atoms with van der Waals surface area (Å²) >= 11 is 0. The SMILES string of the molecule is Cc1cc(C)c2c(c1)C(NCC(C)C)CC1(CCCCC1)O2. The Morgan fingerprint density at radius 1 is 1.18 bits per heavy atom. The van der Waals surface area contributed by atoms with Gasteiger partial charge in [-0.3, -0.25) is 0 Å². The average Bonchev–Trinajstić information content (AvgIpc) is 2.47. The molecule has 1 aromatic carbocycles. The summed E-state index contributed by atoms with van der Waals surface area (Å²) in [6, 6.07) is 5.04. The summed E-state index contributed by atoms with van der Waals surface area (Å²) in [4.78, 5) is 0. The zero-order valence-electron chi connectivity index (χ0n) is 14.7. The predicted molar refractivity (Wildman–Crippen MR) is 92.6 cm³/mol. The molecule has 1 aliphatic heterocycles. The molecule has 0 radical (unpaired) electrons. The number of nitrogens with one attached hydrogen (secondary N) is 1. The highest BCUT2D eigenvalue weighted by Gasteiger charge is 2.42. The third-order valence-corrected chi connectivity index (χ3v) is 5.26. The number of aryl methyl sites for hydroxylation is 2. The Labute approximate surface area is 135 Å². The van der Waals surface area contributed by atoms with Crippen molar-refractivity contribution in [3.63, 3.8) is 0 Å². The highest BCUT2D eigenvalue weighted by molar-refractivity contribution is 5.47. The first kappa shape index (κ1) is 15.9. The molecule has 1 N–H and O–H groups in total. The molecule has 2 aliphatic rings. The second-order valence-electron chi connectivity index (χ2n) is 7.90. The van der Waals surface area contributed by atoms with Crippen LogP contribution in [0.25, 0.3) is 0 Å². The van der Waals surface area contributed by atoms with Crippen LogP contribution in [0.2, 0.25) is 0 Å². The van der Waals surface area contributed by atoms with Gasteiger partial charge in [-0.25, -0.2) is 0 Å². The first-order valence-corrected chi connectivity index (χ1v) is 9.03. The Hall–Kier alpha value is -1.02. The second-order valence-corrected chi connectivity index (χ2v) is 7.90. The minimum atomic E-state index is 0.0832. The lowest BCUT2D eigenvalue weighted by Gasteiger charge is -2.45. The molecule has 1 aliphatic carbocycles. The predicted octanol–water partition coefficient (Wildman–Crippen LogP) is 5.08. The molecule has 1 unspecified atom stereocenters. The Morgan fingerprint density at radius 3 is 2.59 bits per heavy atom. The number of ether oxygens (including phenoxy) is 1. The average molecular weight is 301 g/mol. The van der Waals surface area contributed by atoms with Gasteiger partial charge in [-0.2, -0.15) is 0 Å². The molecular formula is C20H31NO. The third-order valence-electron chi connectivity index (χ3n) is 5.26. The summed E-state index contributed by atoms with van der Waals surface area (Å²) < 4.78 is 6.64. The lowest BCUT2D eigenvalue weighted by atomic mass is 9.76. The number of hydrogen-bond donors (Lipinski definition) is 1. The molecule has 0 bridgehead atoms. The molecule has 0 saturated heterocycles. The fourth-order valence-electron chi connectivity index (χ4n) is 4.19. The molecule has 1 aromatic rings. The van der Waals surface area contributed by atoms with Gasteiger partial charge >= 0.3 is 0 Å². The summed E-state index contributed by atoms with van der Waals surface area (Å²) in [6.07, 6.45) is 7.58. The fraction of sp³-hybridized carbons (Fsp3) is 0.700. The molecule has 2 nitrogen and oxygen atoms in total. The van der Waals surface area contributed by atoms with Crippen LogP contribution in [0.15, 0.2) is 12.1 Å². The van der Waals surface area contributed by atoms with Crippen LogP contribution in [0, 0.1) is 19.8 Å². The summed E-state index contributed by atoms with van der Waals surface area (Å²) in [5, 5.41) is 3.82. The van der Waals surface area contributed by atoms with E-state index in [0.717, 1.165) is 13.0 Å². The van der Waals surface area contributed by atoms with Gasteiger partial charge in [-0.15, -0.1) is 0 Å². The van der Waals surface area contributed by atoms with E-state index in [1.807, 2.05) is 0 Å². The van der Waals surface area contributed by atoms with Gasteiger partial charge in [-0.05, 0) is 57.6 Å². The van der Waals surface area contributed by atoms with Crippen molar-refractivity contribution in [3.8, 4) is 5.75 Å².